The molecule has 0 fully saturated rings. The Kier molecular flexibility index (Phi) is 9.39. The number of benzene rings is 3. The highest BCUT2D eigenvalue weighted by atomic mass is 79.9. The second-order valence-electron chi connectivity index (χ2n) is 6.98. The fourth-order valence-electron chi connectivity index (χ4n) is 2.84. The fraction of sp³-hybridized carbons (Fsp3) is 0.120. The molecule has 0 bridgehead atoms. The molecule has 0 radical (unpaired) electrons. The highest BCUT2D eigenvalue weighted by molar-refractivity contribution is 9.10. The summed E-state index contributed by atoms with van der Waals surface area (Å²) in [6.07, 6.45) is 1.33. The zero-order chi connectivity index (χ0) is 25.2. The van der Waals surface area contributed by atoms with E-state index in [4.69, 9.17) is 21.1 Å². The minimum atomic E-state index is -0.631. The van der Waals surface area contributed by atoms with Gasteiger partial charge in [-0.05, 0) is 61.5 Å². The highest BCUT2D eigenvalue weighted by Crippen LogP contribution is 2.24. The molecule has 0 saturated carbocycles. The predicted octanol–water partition coefficient (Wildman–Crippen LogP) is 4.60. The van der Waals surface area contributed by atoms with Crippen molar-refractivity contribution in [2.45, 2.75) is 6.92 Å². The van der Waals surface area contributed by atoms with Crippen LogP contribution in [0.15, 0.2) is 76.3 Å². The van der Waals surface area contributed by atoms with Crippen LogP contribution in [0.1, 0.15) is 33.2 Å². The molecule has 35 heavy (non-hydrogen) atoms. The smallest absolute Gasteiger partial charge is 0.345 e. The van der Waals surface area contributed by atoms with Gasteiger partial charge in [-0.2, -0.15) is 5.10 Å². The van der Waals surface area contributed by atoms with E-state index in [1.54, 1.807) is 66.7 Å². The Bertz CT molecular complexity index is 1250. The third kappa shape index (κ3) is 7.66. The molecule has 3 aromatic carbocycles. The SMILES string of the molecule is CCOc1ccc(C(=O)NCC(=O)N/N=C\c2cc(Br)ccc2OC(=O)c2ccccc2Cl)cc1. The second-order valence-corrected chi connectivity index (χ2v) is 8.31. The molecule has 2 amide bonds. The maximum Gasteiger partial charge on any atom is 0.345 e. The van der Waals surface area contributed by atoms with Crippen molar-refractivity contribution in [1.82, 2.24) is 10.7 Å². The zero-order valence-corrected chi connectivity index (χ0v) is 20.9. The van der Waals surface area contributed by atoms with Gasteiger partial charge in [-0.15, -0.1) is 0 Å². The lowest BCUT2D eigenvalue weighted by molar-refractivity contribution is -0.120. The largest absolute Gasteiger partial charge is 0.494 e. The molecule has 0 aromatic heterocycles. The average Bonchev–Trinajstić information content (AvgIpc) is 2.85. The van der Waals surface area contributed by atoms with Crippen molar-refractivity contribution in [1.29, 1.82) is 0 Å². The first-order chi connectivity index (χ1) is 16.9. The van der Waals surface area contributed by atoms with Crippen molar-refractivity contribution >= 4 is 51.5 Å². The van der Waals surface area contributed by atoms with Gasteiger partial charge in [0.2, 0.25) is 0 Å². The first-order valence-corrected chi connectivity index (χ1v) is 11.6. The van der Waals surface area contributed by atoms with Gasteiger partial charge in [-0.1, -0.05) is 39.7 Å². The Morgan fingerprint density at radius 2 is 1.80 bits per heavy atom. The van der Waals surface area contributed by atoms with Crippen LogP contribution >= 0.6 is 27.5 Å². The molecule has 0 saturated heterocycles. The summed E-state index contributed by atoms with van der Waals surface area (Å²) in [5.41, 5.74) is 3.36. The van der Waals surface area contributed by atoms with E-state index in [0.717, 1.165) is 0 Å². The van der Waals surface area contributed by atoms with Crippen molar-refractivity contribution in [3.05, 3.63) is 92.9 Å². The van der Waals surface area contributed by atoms with E-state index in [0.29, 0.717) is 28.0 Å². The van der Waals surface area contributed by atoms with Crippen LogP contribution in [0.3, 0.4) is 0 Å². The molecule has 180 valence electrons. The Morgan fingerprint density at radius 3 is 2.51 bits per heavy atom. The predicted molar refractivity (Wildman–Crippen MR) is 136 cm³/mol. The van der Waals surface area contributed by atoms with Gasteiger partial charge in [0.25, 0.3) is 11.8 Å². The number of carbonyl (C=O) groups is 3. The molecule has 2 N–H and O–H groups in total. The van der Waals surface area contributed by atoms with Gasteiger partial charge >= 0.3 is 5.97 Å². The summed E-state index contributed by atoms with van der Waals surface area (Å²) in [6, 6.07) is 18.0. The minimum Gasteiger partial charge on any atom is -0.494 e. The molecular formula is C25H21BrClN3O5. The van der Waals surface area contributed by atoms with Crippen molar-refractivity contribution in [2.24, 2.45) is 5.10 Å². The van der Waals surface area contributed by atoms with Crippen LogP contribution in [0.25, 0.3) is 0 Å². The van der Waals surface area contributed by atoms with Gasteiger partial charge in [-0.3, -0.25) is 9.59 Å². The zero-order valence-electron chi connectivity index (χ0n) is 18.6. The van der Waals surface area contributed by atoms with Crippen molar-refractivity contribution < 1.29 is 23.9 Å². The van der Waals surface area contributed by atoms with Crippen LogP contribution in [0.5, 0.6) is 11.5 Å². The Morgan fingerprint density at radius 1 is 1.06 bits per heavy atom. The van der Waals surface area contributed by atoms with E-state index in [9.17, 15) is 14.4 Å². The molecule has 10 heteroatoms. The van der Waals surface area contributed by atoms with Crippen LogP contribution in [-0.4, -0.2) is 37.1 Å². The number of amides is 2. The number of nitrogens with zero attached hydrogens (tertiary/aromatic N) is 1. The topological polar surface area (TPSA) is 106 Å². The summed E-state index contributed by atoms with van der Waals surface area (Å²) in [7, 11) is 0. The van der Waals surface area contributed by atoms with Crippen molar-refractivity contribution in [3.8, 4) is 11.5 Å². The normalized spacial score (nSPS) is 10.6. The molecule has 0 spiro atoms. The van der Waals surface area contributed by atoms with Crippen LogP contribution in [0, 0.1) is 0 Å². The quantitative estimate of drug-likeness (QED) is 0.173. The Labute approximate surface area is 215 Å². The van der Waals surface area contributed by atoms with Crippen molar-refractivity contribution in [2.75, 3.05) is 13.2 Å². The van der Waals surface area contributed by atoms with Crippen LogP contribution in [0.4, 0.5) is 0 Å². The van der Waals surface area contributed by atoms with E-state index in [1.165, 1.54) is 6.21 Å². The molecule has 0 aliphatic heterocycles. The summed E-state index contributed by atoms with van der Waals surface area (Å²) >= 11 is 9.41. The minimum absolute atomic E-state index is 0.219. The van der Waals surface area contributed by atoms with E-state index < -0.39 is 17.8 Å². The van der Waals surface area contributed by atoms with Gasteiger partial charge in [0.15, 0.2) is 0 Å². The number of hydrogen-bond acceptors (Lipinski definition) is 6. The number of halogens is 2. The number of hydrazone groups is 1. The van der Waals surface area contributed by atoms with E-state index in [-0.39, 0.29) is 22.9 Å². The maximum absolute atomic E-state index is 12.5. The third-order valence-electron chi connectivity index (χ3n) is 4.50. The molecule has 0 aliphatic carbocycles. The number of hydrogen-bond donors (Lipinski definition) is 2. The molecule has 0 aliphatic rings. The summed E-state index contributed by atoms with van der Waals surface area (Å²) in [4.78, 5) is 36.8. The van der Waals surface area contributed by atoms with Crippen LogP contribution < -0.4 is 20.2 Å². The number of nitrogens with one attached hydrogen (secondary N) is 2. The number of esters is 1. The molecule has 0 unspecified atom stereocenters. The number of rotatable bonds is 9. The summed E-state index contributed by atoms with van der Waals surface area (Å²) < 4.78 is 11.5. The second kappa shape index (κ2) is 12.7. The monoisotopic (exact) mass is 557 g/mol. The Balaban J connectivity index is 1.57. The van der Waals surface area contributed by atoms with Gasteiger partial charge in [0, 0.05) is 15.6 Å². The van der Waals surface area contributed by atoms with Gasteiger partial charge in [-0.25, -0.2) is 10.2 Å². The lowest BCUT2D eigenvalue weighted by Gasteiger charge is -2.09. The van der Waals surface area contributed by atoms with Gasteiger partial charge in [0.1, 0.15) is 11.5 Å². The molecule has 8 nitrogen and oxygen atoms in total. The van der Waals surface area contributed by atoms with Crippen LogP contribution in [-0.2, 0) is 4.79 Å². The number of ether oxygens (including phenoxy) is 2. The maximum atomic E-state index is 12.5. The fourth-order valence-corrected chi connectivity index (χ4v) is 3.43. The van der Waals surface area contributed by atoms with E-state index in [1.807, 2.05) is 6.92 Å². The Hall–Kier alpha value is -3.69. The lowest BCUT2D eigenvalue weighted by atomic mass is 10.2. The third-order valence-corrected chi connectivity index (χ3v) is 5.32. The first kappa shape index (κ1) is 25.9. The van der Waals surface area contributed by atoms with E-state index >= 15 is 0 Å². The lowest BCUT2D eigenvalue weighted by Crippen LogP contribution is -2.34. The molecule has 3 aromatic rings. The first-order valence-electron chi connectivity index (χ1n) is 10.5. The standard InChI is InChI=1S/C25H21BrClN3O5/c1-2-34-19-10-7-16(8-11-19)24(32)28-15-23(31)30-29-14-17-13-18(26)9-12-22(17)35-25(33)20-5-3-4-6-21(20)27/h3-14H,2,15H2,1H3,(H,28,32)(H,30,31)/b29-14-. The number of carbonyl (C=O) groups excluding carboxylic acids is 3. The average molecular weight is 559 g/mol. The van der Waals surface area contributed by atoms with Gasteiger partial charge in [0.05, 0.1) is 30.0 Å². The summed E-state index contributed by atoms with van der Waals surface area (Å²) in [5.74, 6) is -0.702. The summed E-state index contributed by atoms with van der Waals surface area (Å²) in [5, 5.41) is 6.67. The molecule has 0 heterocycles. The molecule has 3 rings (SSSR count). The molecule has 0 atom stereocenters. The van der Waals surface area contributed by atoms with Gasteiger partial charge < -0.3 is 14.8 Å². The highest BCUT2D eigenvalue weighted by Gasteiger charge is 2.14. The van der Waals surface area contributed by atoms with E-state index in [2.05, 4.69) is 31.8 Å². The van der Waals surface area contributed by atoms with Crippen molar-refractivity contribution in [3.63, 3.8) is 0 Å². The van der Waals surface area contributed by atoms with Crippen LogP contribution in [0.2, 0.25) is 5.02 Å². The summed E-state index contributed by atoms with van der Waals surface area (Å²) in [6.45, 7) is 2.11. The molecular weight excluding hydrogens is 538 g/mol.